The Kier molecular flexibility index (Phi) is 6.31. The predicted molar refractivity (Wildman–Crippen MR) is 127 cm³/mol. The van der Waals surface area contributed by atoms with E-state index in [-0.39, 0.29) is 27.9 Å². The maximum absolute atomic E-state index is 13.7. The van der Waals surface area contributed by atoms with Gasteiger partial charge in [0, 0.05) is 33.1 Å². The number of piperazine rings is 1. The van der Waals surface area contributed by atoms with Crippen LogP contribution < -0.4 is 11.2 Å². The van der Waals surface area contributed by atoms with Crippen LogP contribution in [0.25, 0.3) is 16.6 Å². The van der Waals surface area contributed by atoms with Gasteiger partial charge < -0.3 is 9.80 Å². The van der Waals surface area contributed by atoms with Gasteiger partial charge in [-0.3, -0.25) is 19.0 Å². The van der Waals surface area contributed by atoms with Crippen LogP contribution in [0.2, 0.25) is 5.02 Å². The first-order valence-electron chi connectivity index (χ1n) is 10.9. The summed E-state index contributed by atoms with van der Waals surface area (Å²) in [7, 11) is 0. The largest absolute Gasteiger partial charge is 0.339 e. The van der Waals surface area contributed by atoms with Crippen LogP contribution in [0.3, 0.4) is 0 Å². The highest BCUT2D eigenvalue weighted by molar-refractivity contribution is 6.30. The van der Waals surface area contributed by atoms with E-state index in [0.29, 0.717) is 31.7 Å². The van der Waals surface area contributed by atoms with E-state index in [2.05, 4.69) is 0 Å². The van der Waals surface area contributed by atoms with Crippen LogP contribution in [-0.2, 0) is 9.59 Å². The quantitative estimate of drug-likeness (QED) is 0.569. The van der Waals surface area contributed by atoms with Crippen LogP contribution in [-0.4, -0.2) is 56.9 Å². The monoisotopic (exact) mass is 486 g/mol. The highest BCUT2D eigenvalue weighted by Gasteiger charge is 2.29. The predicted octanol–water partition coefficient (Wildman–Crippen LogP) is 2.51. The minimum absolute atomic E-state index is 0.0530. The summed E-state index contributed by atoms with van der Waals surface area (Å²) in [6.07, 6.45) is 0. The number of hydrogen-bond acceptors (Lipinski definition) is 4. The average Bonchev–Trinajstić information content (AvgIpc) is 2.81. The number of aryl methyl sites for hydroxylation is 1. The first kappa shape index (κ1) is 23.7. The Hall–Kier alpha value is -3.46. The molecule has 1 saturated heterocycles. The standard InChI is InChI=1S/C24H24ClFN4O4/c1-14-4-7-21-18(12-14)23(33)30(17-5-6-20(26)19(25)13-17)24(34)29(21)15(2)22(32)28-10-8-27(9-11-28)16(3)31/h4-7,12-13,15H,8-11H2,1-3H3. The number of fused-ring (bicyclic) bond motifs is 1. The fourth-order valence-electron chi connectivity index (χ4n) is 4.29. The van der Waals surface area contributed by atoms with Crippen LogP contribution in [0, 0.1) is 12.7 Å². The summed E-state index contributed by atoms with van der Waals surface area (Å²) in [4.78, 5) is 55.2. The summed E-state index contributed by atoms with van der Waals surface area (Å²) in [5, 5.41) is 0.0215. The van der Waals surface area contributed by atoms with Gasteiger partial charge in [-0.25, -0.2) is 13.8 Å². The van der Waals surface area contributed by atoms with E-state index in [9.17, 15) is 23.6 Å². The van der Waals surface area contributed by atoms with Crippen molar-refractivity contribution in [3.8, 4) is 5.69 Å². The maximum atomic E-state index is 13.7. The van der Waals surface area contributed by atoms with Crippen molar-refractivity contribution in [1.82, 2.24) is 18.9 Å². The average molecular weight is 487 g/mol. The van der Waals surface area contributed by atoms with E-state index in [1.165, 1.54) is 23.6 Å². The van der Waals surface area contributed by atoms with Gasteiger partial charge in [0.25, 0.3) is 5.56 Å². The summed E-state index contributed by atoms with van der Waals surface area (Å²) in [6, 6.07) is 7.72. The zero-order valence-corrected chi connectivity index (χ0v) is 19.8. The van der Waals surface area contributed by atoms with Crippen molar-refractivity contribution in [3.63, 3.8) is 0 Å². The minimum atomic E-state index is -0.927. The van der Waals surface area contributed by atoms with Gasteiger partial charge in [0.1, 0.15) is 11.9 Å². The van der Waals surface area contributed by atoms with E-state index in [4.69, 9.17) is 11.6 Å². The number of rotatable bonds is 3. The van der Waals surface area contributed by atoms with Crippen LogP contribution in [0.15, 0.2) is 46.0 Å². The number of benzene rings is 2. The number of aromatic nitrogens is 2. The molecule has 1 aliphatic heterocycles. The molecule has 4 rings (SSSR count). The molecule has 10 heteroatoms. The molecule has 1 aromatic heterocycles. The summed E-state index contributed by atoms with van der Waals surface area (Å²) < 4.78 is 15.9. The van der Waals surface area contributed by atoms with Crippen LogP contribution in [0.1, 0.15) is 25.5 Å². The van der Waals surface area contributed by atoms with Crippen molar-refractivity contribution < 1.29 is 14.0 Å². The van der Waals surface area contributed by atoms with E-state index in [0.717, 1.165) is 16.2 Å². The molecular formula is C24H24ClFN4O4. The number of halogens is 2. The van der Waals surface area contributed by atoms with Gasteiger partial charge in [0.15, 0.2) is 0 Å². The SMILES string of the molecule is CC(=O)N1CCN(C(=O)C(C)n2c(=O)n(-c3ccc(F)c(Cl)c3)c(=O)c3cc(C)ccc32)CC1. The number of amides is 2. The van der Waals surface area contributed by atoms with E-state index in [1.807, 2.05) is 6.92 Å². The molecule has 1 unspecified atom stereocenters. The third kappa shape index (κ3) is 4.11. The lowest BCUT2D eigenvalue weighted by Gasteiger charge is -2.35. The summed E-state index contributed by atoms with van der Waals surface area (Å²) in [6.45, 7) is 6.43. The van der Waals surface area contributed by atoms with Gasteiger partial charge in [0.2, 0.25) is 11.8 Å². The first-order valence-corrected chi connectivity index (χ1v) is 11.3. The second-order valence-corrected chi connectivity index (χ2v) is 8.83. The van der Waals surface area contributed by atoms with Crippen molar-refractivity contribution in [2.75, 3.05) is 26.2 Å². The van der Waals surface area contributed by atoms with E-state index >= 15 is 0 Å². The van der Waals surface area contributed by atoms with Crippen LogP contribution in [0.5, 0.6) is 0 Å². The van der Waals surface area contributed by atoms with Crippen molar-refractivity contribution in [3.05, 3.63) is 73.6 Å². The molecule has 0 aliphatic carbocycles. The molecule has 0 bridgehead atoms. The molecule has 178 valence electrons. The van der Waals surface area contributed by atoms with Crippen molar-refractivity contribution in [2.24, 2.45) is 0 Å². The second-order valence-electron chi connectivity index (χ2n) is 8.42. The van der Waals surface area contributed by atoms with Crippen molar-refractivity contribution >= 4 is 34.3 Å². The van der Waals surface area contributed by atoms with Crippen LogP contribution in [0.4, 0.5) is 4.39 Å². The molecule has 0 N–H and O–H groups in total. The Morgan fingerprint density at radius 2 is 1.65 bits per heavy atom. The van der Waals surface area contributed by atoms with Crippen molar-refractivity contribution in [2.45, 2.75) is 26.8 Å². The smallest absolute Gasteiger partial charge is 0.336 e. The molecule has 34 heavy (non-hydrogen) atoms. The Morgan fingerprint density at radius 1 is 1.00 bits per heavy atom. The van der Waals surface area contributed by atoms with Crippen molar-refractivity contribution in [1.29, 1.82) is 0 Å². The highest BCUT2D eigenvalue weighted by Crippen LogP contribution is 2.21. The Morgan fingerprint density at radius 3 is 2.26 bits per heavy atom. The van der Waals surface area contributed by atoms with Gasteiger partial charge in [-0.2, -0.15) is 0 Å². The van der Waals surface area contributed by atoms with Gasteiger partial charge in [-0.05, 0) is 44.2 Å². The zero-order valence-electron chi connectivity index (χ0n) is 19.0. The molecule has 1 aliphatic rings. The van der Waals surface area contributed by atoms with Gasteiger partial charge >= 0.3 is 5.69 Å². The summed E-state index contributed by atoms with van der Waals surface area (Å²) >= 11 is 5.91. The first-order chi connectivity index (χ1) is 16.1. The molecule has 1 atom stereocenters. The minimum Gasteiger partial charge on any atom is -0.339 e. The third-order valence-electron chi connectivity index (χ3n) is 6.19. The Labute approximate surface area is 199 Å². The number of hydrogen-bond donors (Lipinski definition) is 0. The normalized spacial score (nSPS) is 15.0. The van der Waals surface area contributed by atoms with E-state index < -0.39 is 23.1 Å². The van der Waals surface area contributed by atoms with E-state index in [1.54, 1.807) is 34.9 Å². The number of carbonyl (C=O) groups excluding carboxylic acids is 2. The van der Waals surface area contributed by atoms with Gasteiger partial charge in [-0.15, -0.1) is 0 Å². The number of carbonyl (C=O) groups is 2. The lowest BCUT2D eigenvalue weighted by Crippen LogP contribution is -2.52. The molecule has 2 aromatic carbocycles. The van der Waals surface area contributed by atoms with Gasteiger partial charge in [-0.1, -0.05) is 23.2 Å². The number of nitrogens with zero attached hydrogens (tertiary/aromatic N) is 4. The topological polar surface area (TPSA) is 84.6 Å². The molecule has 3 aromatic rings. The van der Waals surface area contributed by atoms with Gasteiger partial charge in [0.05, 0.1) is 21.6 Å². The third-order valence-corrected chi connectivity index (χ3v) is 6.47. The summed E-state index contributed by atoms with van der Waals surface area (Å²) in [5.41, 5.74) is -0.0797. The maximum Gasteiger partial charge on any atom is 0.336 e. The lowest BCUT2D eigenvalue weighted by atomic mass is 10.1. The second kappa shape index (κ2) is 9.06. The van der Waals surface area contributed by atoms with Crippen LogP contribution >= 0.6 is 11.6 Å². The molecule has 2 amide bonds. The zero-order chi connectivity index (χ0) is 24.7. The lowest BCUT2D eigenvalue weighted by molar-refractivity contribution is -0.140. The fraction of sp³-hybridized carbons (Fsp3) is 0.333. The highest BCUT2D eigenvalue weighted by atomic mass is 35.5. The molecule has 0 spiro atoms. The Bertz CT molecular complexity index is 1420. The molecule has 1 fully saturated rings. The summed E-state index contributed by atoms with van der Waals surface area (Å²) in [5.74, 6) is -1.03. The Balaban J connectivity index is 1.86. The fourth-order valence-corrected chi connectivity index (χ4v) is 4.47. The molecule has 8 nitrogen and oxygen atoms in total. The molecule has 0 saturated carbocycles. The molecular weight excluding hydrogens is 463 g/mol. The molecule has 0 radical (unpaired) electrons. The molecule has 2 heterocycles.